The molecule has 1 aromatic heterocycles. The summed E-state index contributed by atoms with van der Waals surface area (Å²) < 4.78 is 0. The largest absolute Gasteiger partial charge is 0.350 e. The van der Waals surface area contributed by atoms with E-state index in [1.54, 1.807) is 24.3 Å². The lowest BCUT2D eigenvalue weighted by Crippen LogP contribution is -2.44. The van der Waals surface area contributed by atoms with Gasteiger partial charge >= 0.3 is 0 Å². The van der Waals surface area contributed by atoms with Gasteiger partial charge in [-0.15, -0.1) is 0 Å². The zero-order valence-corrected chi connectivity index (χ0v) is 17.2. The number of amides is 2. The summed E-state index contributed by atoms with van der Waals surface area (Å²) in [6, 6.07) is 22.6. The highest BCUT2D eigenvalue weighted by molar-refractivity contribution is 6.10. The summed E-state index contributed by atoms with van der Waals surface area (Å²) in [5, 5.41) is 5.73. The third-order valence-corrected chi connectivity index (χ3v) is 5.17. The molecule has 0 radical (unpaired) electrons. The van der Waals surface area contributed by atoms with Crippen LogP contribution in [0.4, 0.5) is 0 Å². The van der Waals surface area contributed by atoms with Crippen LogP contribution in [0.25, 0.3) is 0 Å². The molecule has 0 aliphatic carbocycles. The number of rotatable bonds is 6. The molecule has 2 N–H and O–H groups in total. The first-order valence-electron chi connectivity index (χ1n) is 9.98. The van der Waals surface area contributed by atoms with E-state index in [4.69, 9.17) is 4.99 Å². The topological polar surface area (TPSA) is 86.7 Å². The highest BCUT2D eigenvalue weighted by Gasteiger charge is 2.47. The van der Waals surface area contributed by atoms with Gasteiger partial charge in [0.15, 0.2) is 5.54 Å². The number of benzene rings is 2. The van der Waals surface area contributed by atoms with Gasteiger partial charge in [-0.2, -0.15) is 0 Å². The third kappa shape index (κ3) is 4.16. The van der Waals surface area contributed by atoms with E-state index >= 15 is 0 Å². The van der Waals surface area contributed by atoms with Crippen LogP contribution >= 0.6 is 0 Å². The molecule has 7 nitrogen and oxygen atoms in total. The second-order valence-electron chi connectivity index (χ2n) is 7.33. The SMILES string of the molecule is CN(CC(=O)NCc1cccnc1)C1=NC(c2ccccc2)(c2ccccc2)C(=O)N1. The van der Waals surface area contributed by atoms with Crippen molar-refractivity contribution in [1.82, 2.24) is 20.5 Å². The minimum atomic E-state index is -1.20. The molecular formula is C24H23N5O2. The first kappa shape index (κ1) is 20.3. The number of hydrogen-bond acceptors (Lipinski definition) is 5. The van der Waals surface area contributed by atoms with E-state index < -0.39 is 5.54 Å². The van der Waals surface area contributed by atoms with E-state index in [9.17, 15) is 9.59 Å². The number of carbonyl (C=O) groups excluding carboxylic acids is 2. The quantitative estimate of drug-likeness (QED) is 0.648. The molecule has 0 spiro atoms. The van der Waals surface area contributed by atoms with Gasteiger partial charge in [-0.1, -0.05) is 66.7 Å². The molecule has 0 atom stereocenters. The Morgan fingerprint density at radius 3 is 2.23 bits per heavy atom. The maximum atomic E-state index is 13.2. The first-order valence-corrected chi connectivity index (χ1v) is 9.98. The van der Waals surface area contributed by atoms with Crippen LogP contribution in [-0.4, -0.2) is 41.3 Å². The molecule has 1 aliphatic rings. The van der Waals surface area contributed by atoms with Crippen molar-refractivity contribution in [2.24, 2.45) is 4.99 Å². The van der Waals surface area contributed by atoms with Gasteiger partial charge in [0.05, 0.1) is 6.54 Å². The average molecular weight is 413 g/mol. The highest BCUT2D eigenvalue weighted by Crippen LogP contribution is 2.37. The summed E-state index contributed by atoms with van der Waals surface area (Å²) in [6.45, 7) is 0.441. The van der Waals surface area contributed by atoms with E-state index in [0.717, 1.165) is 16.7 Å². The molecule has 3 aromatic rings. The van der Waals surface area contributed by atoms with Crippen molar-refractivity contribution < 1.29 is 9.59 Å². The van der Waals surface area contributed by atoms with Crippen LogP contribution in [0.15, 0.2) is 90.2 Å². The Bertz CT molecular complexity index is 1050. The molecule has 2 heterocycles. The lowest BCUT2D eigenvalue weighted by atomic mass is 9.83. The molecule has 2 amide bonds. The van der Waals surface area contributed by atoms with Crippen molar-refractivity contribution in [2.75, 3.05) is 13.6 Å². The molecule has 0 saturated heterocycles. The molecule has 7 heteroatoms. The van der Waals surface area contributed by atoms with Crippen LogP contribution in [0, 0.1) is 0 Å². The Labute approximate surface area is 180 Å². The molecule has 2 aromatic carbocycles. The second-order valence-corrected chi connectivity index (χ2v) is 7.33. The standard InChI is InChI=1S/C24H23N5O2/c1-29(17-21(30)26-16-18-9-8-14-25-15-18)23-27-22(31)24(28-23,19-10-4-2-5-11-19)20-12-6-3-7-13-20/h2-15H,16-17H2,1H3,(H,26,30)(H,27,28,31). The van der Waals surface area contributed by atoms with E-state index in [1.165, 1.54) is 0 Å². The van der Waals surface area contributed by atoms with Crippen LogP contribution in [-0.2, 0) is 21.7 Å². The van der Waals surface area contributed by atoms with E-state index in [-0.39, 0.29) is 18.4 Å². The maximum Gasteiger partial charge on any atom is 0.264 e. The van der Waals surface area contributed by atoms with Crippen molar-refractivity contribution in [2.45, 2.75) is 12.1 Å². The number of pyridine rings is 1. The van der Waals surface area contributed by atoms with Crippen LogP contribution in [0.3, 0.4) is 0 Å². The molecule has 31 heavy (non-hydrogen) atoms. The van der Waals surface area contributed by atoms with Crippen LogP contribution in [0.2, 0.25) is 0 Å². The summed E-state index contributed by atoms with van der Waals surface area (Å²) in [6.07, 6.45) is 3.39. The summed E-state index contributed by atoms with van der Waals surface area (Å²) in [5.41, 5.74) is 1.25. The third-order valence-electron chi connectivity index (χ3n) is 5.17. The zero-order valence-electron chi connectivity index (χ0n) is 17.2. The number of aromatic nitrogens is 1. The number of hydrogen-bond donors (Lipinski definition) is 2. The Kier molecular flexibility index (Phi) is 5.75. The average Bonchev–Trinajstić information content (AvgIpc) is 3.18. The molecule has 156 valence electrons. The van der Waals surface area contributed by atoms with Gasteiger partial charge in [0.1, 0.15) is 0 Å². The Morgan fingerprint density at radius 2 is 1.65 bits per heavy atom. The molecule has 1 aliphatic heterocycles. The summed E-state index contributed by atoms with van der Waals surface area (Å²) in [5.74, 6) is -0.0722. The molecule has 4 rings (SSSR count). The minimum Gasteiger partial charge on any atom is -0.350 e. The first-order chi connectivity index (χ1) is 15.1. The fourth-order valence-electron chi connectivity index (χ4n) is 3.58. The predicted octanol–water partition coefficient (Wildman–Crippen LogP) is 2.06. The maximum absolute atomic E-state index is 13.2. The highest BCUT2D eigenvalue weighted by atomic mass is 16.2. The van der Waals surface area contributed by atoms with Gasteiger partial charge in [0.25, 0.3) is 5.91 Å². The number of nitrogens with one attached hydrogen (secondary N) is 2. The van der Waals surface area contributed by atoms with Gasteiger partial charge < -0.3 is 10.2 Å². The Hall–Kier alpha value is -4.00. The number of carbonyl (C=O) groups is 2. The van der Waals surface area contributed by atoms with E-state index in [2.05, 4.69) is 15.6 Å². The predicted molar refractivity (Wildman–Crippen MR) is 118 cm³/mol. The van der Waals surface area contributed by atoms with E-state index in [0.29, 0.717) is 12.5 Å². The number of aliphatic imine (C=N–C) groups is 1. The monoisotopic (exact) mass is 413 g/mol. The fourth-order valence-corrected chi connectivity index (χ4v) is 3.58. The molecule has 0 fully saturated rings. The molecular weight excluding hydrogens is 390 g/mol. The van der Waals surface area contributed by atoms with Crippen molar-refractivity contribution >= 4 is 17.8 Å². The Morgan fingerprint density at radius 1 is 1.00 bits per heavy atom. The summed E-state index contributed by atoms with van der Waals surface area (Å²) in [4.78, 5) is 36.2. The van der Waals surface area contributed by atoms with E-state index in [1.807, 2.05) is 72.8 Å². The van der Waals surface area contributed by atoms with Crippen molar-refractivity contribution in [3.63, 3.8) is 0 Å². The lowest BCUT2D eigenvalue weighted by Gasteiger charge is -2.24. The van der Waals surface area contributed by atoms with Gasteiger partial charge in [-0.05, 0) is 22.8 Å². The normalized spacial score (nSPS) is 14.5. The molecule has 0 bridgehead atoms. The Balaban J connectivity index is 1.56. The van der Waals surface area contributed by atoms with Crippen LogP contribution < -0.4 is 10.6 Å². The second kappa shape index (κ2) is 8.79. The van der Waals surface area contributed by atoms with Gasteiger partial charge in [0, 0.05) is 26.0 Å². The van der Waals surface area contributed by atoms with Crippen molar-refractivity contribution in [3.05, 3.63) is 102 Å². The van der Waals surface area contributed by atoms with Gasteiger partial charge in [-0.3, -0.25) is 19.9 Å². The van der Waals surface area contributed by atoms with Crippen molar-refractivity contribution in [1.29, 1.82) is 0 Å². The number of nitrogens with zero attached hydrogens (tertiary/aromatic N) is 3. The number of likely N-dealkylation sites (N-methyl/N-ethyl adjacent to an activating group) is 1. The summed E-state index contributed by atoms with van der Waals surface area (Å²) in [7, 11) is 1.73. The zero-order chi connectivity index (χ0) is 21.7. The minimum absolute atomic E-state index is 0.0546. The lowest BCUT2D eigenvalue weighted by molar-refractivity contribution is -0.123. The van der Waals surface area contributed by atoms with Gasteiger partial charge in [0.2, 0.25) is 11.9 Å². The van der Waals surface area contributed by atoms with Gasteiger partial charge in [-0.25, -0.2) is 4.99 Å². The molecule has 0 unspecified atom stereocenters. The summed E-state index contributed by atoms with van der Waals surface area (Å²) >= 11 is 0. The van der Waals surface area contributed by atoms with Crippen LogP contribution in [0.1, 0.15) is 16.7 Å². The smallest absolute Gasteiger partial charge is 0.264 e. The molecule has 0 saturated carbocycles. The van der Waals surface area contributed by atoms with Crippen molar-refractivity contribution in [3.8, 4) is 0 Å². The number of guanidine groups is 1. The van der Waals surface area contributed by atoms with Crippen LogP contribution in [0.5, 0.6) is 0 Å². The fraction of sp³-hybridized carbons (Fsp3) is 0.167.